The molecule has 4 aromatic rings. The van der Waals surface area contributed by atoms with E-state index in [1.54, 1.807) is 24.3 Å². The number of nitro benzene ring substituents is 1. The highest BCUT2D eigenvalue weighted by atomic mass is 16.6. The van der Waals surface area contributed by atoms with Crippen molar-refractivity contribution in [2.24, 2.45) is 0 Å². The van der Waals surface area contributed by atoms with Crippen LogP contribution >= 0.6 is 0 Å². The smallest absolute Gasteiger partial charge is 0.360 e. The van der Waals surface area contributed by atoms with E-state index in [1.807, 2.05) is 0 Å². The molecule has 0 aliphatic heterocycles. The highest BCUT2D eigenvalue weighted by Crippen LogP contribution is 2.27. The maximum absolute atomic E-state index is 12.4. The fourth-order valence-corrected chi connectivity index (χ4v) is 3.30. The Hall–Kier alpha value is -5.53. The van der Waals surface area contributed by atoms with E-state index in [9.17, 15) is 29.3 Å². The lowest BCUT2D eigenvalue weighted by Gasteiger charge is -2.12. The quantitative estimate of drug-likeness (QED) is 0.230. The Morgan fingerprint density at radius 3 is 2.50 bits per heavy atom. The standard InChI is InChI=1S/C22H16N6O8/c1-36-12-4-2-11(3-5-12)23-22(33)26-15-10-27(7-6-18(15)29)16-8-13-14(9-17(16)28(34)35)25-20(30)19(24-13)21(31)32/h2-10H,1H3,(H,25,30)(H,31,32)(H2,23,26,33). The Morgan fingerprint density at radius 2 is 1.86 bits per heavy atom. The number of carboxylic acids is 1. The minimum absolute atomic E-state index is 0.0435. The van der Waals surface area contributed by atoms with Gasteiger partial charge in [0, 0.05) is 30.2 Å². The zero-order chi connectivity index (χ0) is 26.0. The van der Waals surface area contributed by atoms with Gasteiger partial charge in [0.05, 0.1) is 23.1 Å². The minimum Gasteiger partial charge on any atom is -0.497 e. The first-order chi connectivity index (χ1) is 17.2. The molecule has 0 aliphatic rings. The molecule has 2 heterocycles. The second-order valence-electron chi connectivity index (χ2n) is 7.27. The van der Waals surface area contributed by atoms with Gasteiger partial charge >= 0.3 is 12.0 Å². The number of aromatic amines is 1. The summed E-state index contributed by atoms with van der Waals surface area (Å²) >= 11 is 0. The molecule has 182 valence electrons. The van der Waals surface area contributed by atoms with E-state index in [4.69, 9.17) is 9.84 Å². The number of urea groups is 1. The van der Waals surface area contributed by atoms with E-state index in [1.165, 1.54) is 23.9 Å². The van der Waals surface area contributed by atoms with Gasteiger partial charge in [0.1, 0.15) is 17.1 Å². The fourth-order valence-electron chi connectivity index (χ4n) is 3.30. The summed E-state index contributed by atoms with van der Waals surface area (Å²) in [5.74, 6) is -0.992. The maximum atomic E-state index is 12.4. The topological polar surface area (TPSA) is 199 Å². The van der Waals surface area contributed by atoms with Gasteiger partial charge in [0.25, 0.3) is 11.2 Å². The number of nitrogens with one attached hydrogen (secondary N) is 3. The number of hydrogen-bond acceptors (Lipinski definition) is 8. The highest BCUT2D eigenvalue weighted by molar-refractivity contribution is 5.99. The molecule has 0 atom stereocenters. The predicted octanol–water partition coefficient (Wildman–Crippen LogP) is 2.33. The van der Waals surface area contributed by atoms with Crippen LogP contribution in [0.1, 0.15) is 10.5 Å². The fraction of sp³-hybridized carbons (Fsp3) is 0.0455. The third-order valence-electron chi connectivity index (χ3n) is 4.98. The van der Waals surface area contributed by atoms with Crippen molar-refractivity contribution in [3.05, 3.63) is 91.2 Å². The minimum atomic E-state index is -1.57. The number of hydrogen-bond donors (Lipinski definition) is 4. The average Bonchev–Trinajstić information content (AvgIpc) is 2.84. The molecule has 2 amide bonds. The summed E-state index contributed by atoms with van der Waals surface area (Å²) in [6.07, 6.45) is 2.39. The van der Waals surface area contributed by atoms with Crippen molar-refractivity contribution in [3.8, 4) is 11.4 Å². The van der Waals surface area contributed by atoms with Crippen molar-refractivity contribution < 1.29 is 24.4 Å². The van der Waals surface area contributed by atoms with Gasteiger partial charge in [0.2, 0.25) is 11.1 Å². The number of aromatic carboxylic acids is 1. The van der Waals surface area contributed by atoms with Crippen molar-refractivity contribution >= 4 is 40.1 Å². The van der Waals surface area contributed by atoms with Gasteiger partial charge in [-0.3, -0.25) is 19.7 Å². The molecular weight excluding hydrogens is 476 g/mol. The summed E-state index contributed by atoms with van der Waals surface area (Å²) in [4.78, 5) is 64.9. The lowest BCUT2D eigenvalue weighted by Crippen LogP contribution is -2.24. The molecule has 0 fully saturated rings. The summed E-state index contributed by atoms with van der Waals surface area (Å²) in [6, 6.07) is 8.97. The molecule has 36 heavy (non-hydrogen) atoms. The van der Waals surface area contributed by atoms with Crippen LogP contribution in [0.25, 0.3) is 16.7 Å². The highest BCUT2D eigenvalue weighted by Gasteiger charge is 2.20. The molecule has 4 rings (SSSR count). The number of carbonyl (C=O) groups excluding carboxylic acids is 1. The normalized spacial score (nSPS) is 10.6. The second-order valence-corrected chi connectivity index (χ2v) is 7.27. The van der Waals surface area contributed by atoms with E-state index >= 15 is 0 Å². The van der Waals surface area contributed by atoms with E-state index in [2.05, 4.69) is 20.6 Å². The van der Waals surface area contributed by atoms with Crippen LogP contribution < -0.4 is 26.4 Å². The largest absolute Gasteiger partial charge is 0.497 e. The van der Waals surface area contributed by atoms with Crippen LogP contribution in [0.3, 0.4) is 0 Å². The molecule has 2 aromatic carbocycles. The molecule has 0 radical (unpaired) electrons. The summed E-state index contributed by atoms with van der Waals surface area (Å²) in [7, 11) is 1.50. The number of anilines is 2. The number of pyridine rings is 1. The van der Waals surface area contributed by atoms with Crippen molar-refractivity contribution in [2.45, 2.75) is 0 Å². The number of H-pyrrole nitrogens is 1. The van der Waals surface area contributed by atoms with Crippen molar-refractivity contribution in [1.29, 1.82) is 0 Å². The summed E-state index contributed by atoms with van der Waals surface area (Å²) < 4.78 is 6.24. The van der Waals surface area contributed by atoms with Crippen LogP contribution in [0.5, 0.6) is 5.75 Å². The molecule has 14 heteroatoms. The number of fused-ring (bicyclic) bond motifs is 1. The average molecular weight is 492 g/mol. The van der Waals surface area contributed by atoms with Crippen molar-refractivity contribution in [1.82, 2.24) is 14.5 Å². The zero-order valence-electron chi connectivity index (χ0n) is 18.3. The number of nitrogens with zero attached hydrogens (tertiary/aromatic N) is 3. The van der Waals surface area contributed by atoms with E-state index in [-0.39, 0.29) is 22.4 Å². The maximum Gasteiger partial charge on any atom is 0.360 e. The Morgan fingerprint density at radius 1 is 1.14 bits per heavy atom. The zero-order valence-corrected chi connectivity index (χ0v) is 18.3. The summed E-state index contributed by atoms with van der Waals surface area (Å²) in [5.41, 5.74) is -2.83. The first-order valence-corrected chi connectivity index (χ1v) is 10.1. The molecule has 4 N–H and O–H groups in total. The SMILES string of the molecule is COc1ccc(NC(=O)Nc2cn(-c3cc4nc(C(=O)O)c(=O)[nH]c4cc3[N+](=O)[O-])ccc2=O)cc1. The lowest BCUT2D eigenvalue weighted by molar-refractivity contribution is -0.384. The molecule has 0 unspecified atom stereocenters. The van der Waals surface area contributed by atoms with Crippen molar-refractivity contribution in [2.75, 3.05) is 17.7 Å². The van der Waals surface area contributed by atoms with Crippen molar-refractivity contribution in [3.63, 3.8) is 0 Å². The number of carboxylic acid groups (broad SMARTS) is 1. The van der Waals surface area contributed by atoms with Crippen LogP contribution in [0.4, 0.5) is 21.9 Å². The van der Waals surface area contributed by atoms with Crippen LogP contribution in [0.2, 0.25) is 0 Å². The van der Waals surface area contributed by atoms with E-state index in [0.717, 1.165) is 18.3 Å². The van der Waals surface area contributed by atoms with Gasteiger partial charge in [-0.1, -0.05) is 0 Å². The number of methoxy groups -OCH3 is 1. The number of amides is 2. The molecule has 0 aliphatic carbocycles. The Labute approximate surface area is 199 Å². The summed E-state index contributed by atoms with van der Waals surface area (Å²) in [6.45, 7) is 0. The Bertz CT molecular complexity index is 1640. The van der Waals surface area contributed by atoms with Crippen LogP contribution in [-0.2, 0) is 0 Å². The third-order valence-corrected chi connectivity index (χ3v) is 4.98. The van der Waals surface area contributed by atoms with Crippen LogP contribution in [-0.4, -0.2) is 43.7 Å². The van der Waals surface area contributed by atoms with Gasteiger partial charge in [0.15, 0.2) is 0 Å². The van der Waals surface area contributed by atoms with Gasteiger partial charge in [-0.15, -0.1) is 0 Å². The number of aromatic nitrogens is 3. The molecule has 0 spiro atoms. The Balaban J connectivity index is 1.72. The van der Waals surface area contributed by atoms with E-state index < -0.39 is 39.3 Å². The number of benzene rings is 2. The van der Waals surface area contributed by atoms with E-state index in [0.29, 0.717) is 11.4 Å². The van der Waals surface area contributed by atoms with Gasteiger partial charge in [-0.2, -0.15) is 0 Å². The first-order valence-electron chi connectivity index (χ1n) is 10.1. The third kappa shape index (κ3) is 4.72. The molecule has 0 bridgehead atoms. The molecule has 2 aromatic heterocycles. The number of nitro groups is 1. The van der Waals surface area contributed by atoms with Crippen LogP contribution in [0.15, 0.2) is 64.4 Å². The summed E-state index contributed by atoms with van der Waals surface area (Å²) in [5, 5.41) is 25.8. The Kier molecular flexibility index (Phi) is 6.15. The molecule has 14 nitrogen and oxygen atoms in total. The van der Waals surface area contributed by atoms with Gasteiger partial charge in [-0.05, 0) is 30.3 Å². The monoisotopic (exact) mass is 492 g/mol. The molecular formula is C22H16N6O8. The predicted molar refractivity (Wildman–Crippen MR) is 127 cm³/mol. The van der Waals surface area contributed by atoms with Crippen LogP contribution in [0, 0.1) is 10.1 Å². The van der Waals surface area contributed by atoms with Gasteiger partial charge < -0.3 is 30.0 Å². The number of carbonyl (C=O) groups is 2. The number of ether oxygens (including phenoxy) is 1. The number of rotatable bonds is 6. The molecule has 0 saturated carbocycles. The first kappa shape index (κ1) is 23.6. The second kappa shape index (κ2) is 9.38. The van der Waals surface area contributed by atoms with Gasteiger partial charge in [-0.25, -0.2) is 14.6 Å². The molecule has 0 saturated heterocycles. The lowest BCUT2D eigenvalue weighted by atomic mass is 10.2.